The summed E-state index contributed by atoms with van der Waals surface area (Å²) in [5, 5.41) is 10.2. The average Bonchev–Trinajstić information content (AvgIpc) is 2.50. The van der Waals surface area contributed by atoms with Crippen LogP contribution in [0, 0.1) is 0 Å². The second-order valence-electron chi connectivity index (χ2n) is 5.02. The van der Waals surface area contributed by atoms with Gasteiger partial charge in [-0.1, -0.05) is 0 Å². The van der Waals surface area contributed by atoms with Crippen LogP contribution >= 0.6 is 16.3 Å². The predicted molar refractivity (Wildman–Crippen MR) is 83.2 cm³/mol. The molecular weight excluding hydrogens is 408 g/mol. The summed E-state index contributed by atoms with van der Waals surface area (Å²) >= 11 is 2.52. The maximum absolute atomic E-state index is 11.9. The molecule has 0 fully saturated rings. The Balaban J connectivity index is 6.02. The SMILES string of the molecule is CC(=O)OC[C@@H](O)[C@@H](OC(C)=O)[C@H](OC(C)=O)[C@](C=O)(OBr)C(C)=O. The number of aliphatic hydroxyl groups is 1. The summed E-state index contributed by atoms with van der Waals surface area (Å²) in [7, 11) is 0. The third kappa shape index (κ3) is 6.52. The maximum Gasteiger partial charge on any atom is 0.303 e. The number of hydrogen-bond donors (Lipinski definition) is 1. The Bertz CT molecular complexity index is 534. The first kappa shape index (κ1) is 23.1. The predicted octanol–water partition coefficient (Wildman–Crippen LogP) is -0.373. The number of hydrogen-bond acceptors (Lipinski definition) is 10. The highest BCUT2D eigenvalue weighted by molar-refractivity contribution is 9.06. The summed E-state index contributed by atoms with van der Waals surface area (Å²) in [4.78, 5) is 57.1. The molecule has 25 heavy (non-hydrogen) atoms. The van der Waals surface area contributed by atoms with Crippen molar-refractivity contribution in [2.24, 2.45) is 0 Å². The Morgan fingerprint density at radius 2 is 1.56 bits per heavy atom. The van der Waals surface area contributed by atoms with E-state index in [0.29, 0.717) is 0 Å². The van der Waals surface area contributed by atoms with Crippen molar-refractivity contribution in [3.05, 3.63) is 0 Å². The Hall–Kier alpha value is -1.85. The van der Waals surface area contributed by atoms with Crippen LogP contribution in [0.2, 0.25) is 0 Å². The fraction of sp³-hybridized carbons (Fsp3) is 0.643. The van der Waals surface area contributed by atoms with Crippen LogP contribution in [0.1, 0.15) is 27.7 Å². The van der Waals surface area contributed by atoms with Crippen LogP contribution in [-0.2, 0) is 42.0 Å². The standard InChI is InChI=1S/C14H19BrO10/c1-7(17)14(6-16,25-15)13(24-10(4)20)12(23-9(3)19)11(21)5-22-8(2)18/h6,11-13,21H,5H2,1-4H3/t11-,12-,13+,14-/m1/s1. The van der Waals surface area contributed by atoms with Gasteiger partial charge in [-0.25, -0.2) is 0 Å². The molecule has 4 atom stereocenters. The van der Waals surface area contributed by atoms with Gasteiger partial charge in [-0.15, -0.1) is 0 Å². The molecule has 0 aliphatic heterocycles. The van der Waals surface area contributed by atoms with E-state index in [2.05, 4.69) is 21.0 Å². The molecule has 0 rings (SSSR count). The molecule has 0 aromatic heterocycles. The van der Waals surface area contributed by atoms with Gasteiger partial charge in [0.1, 0.15) is 29.0 Å². The van der Waals surface area contributed by atoms with Crippen LogP contribution in [0.4, 0.5) is 0 Å². The molecule has 0 unspecified atom stereocenters. The van der Waals surface area contributed by atoms with Crippen LogP contribution in [-0.4, -0.2) is 65.6 Å². The van der Waals surface area contributed by atoms with Gasteiger partial charge in [0.2, 0.25) is 5.60 Å². The van der Waals surface area contributed by atoms with Crippen LogP contribution in [0.15, 0.2) is 0 Å². The maximum atomic E-state index is 11.9. The molecule has 0 radical (unpaired) electrons. The van der Waals surface area contributed by atoms with Crippen molar-refractivity contribution in [3.8, 4) is 0 Å². The first-order valence-corrected chi connectivity index (χ1v) is 7.59. The number of esters is 3. The summed E-state index contributed by atoms with van der Waals surface area (Å²) in [6.07, 6.45) is -5.29. The third-order valence-electron chi connectivity index (χ3n) is 3.01. The molecule has 0 spiro atoms. The highest BCUT2D eigenvalue weighted by Crippen LogP contribution is 2.28. The molecule has 0 amide bonds. The monoisotopic (exact) mass is 426 g/mol. The molecule has 0 saturated heterocycles. The van der Waals surface area contributed by atoms with E-state index in [-0.39, 0.29) is 6.29 Å². The average molecular weight is 427 g/mol. The number of aldehydes is 1. The van der Waals surface area contributed by atoms with E-state index in [4.69, 9.17) is 13.3 Å². The minimum atomic E-state index is -2.41. The first-order chi connectivity index (χ1) is 11.5. The minimum Gasteiger partial charge on any atom is -0.463 e. The van der Waals surface area contributed by atoms with Gasteiger partial charge in [0, 0.05) is 20.8 Å². The van der Waals surface area contributed by atoms with E-state index in [9.17, 15) is 29.1 Å². The number of carbonyl (C=O) groups excluding carboxylic acids is 5. The molecule has 0 aromatic carbocycles. The highest BCUT2D eigenvalue weighted by atomic mass is 79.9. The van der Waals surface area contributed by atoms with E-state index in [1.165, 1.54) is 0 Å². The van der Waals surface area contributed by atoms with Gasteiger partial charge in [0.05, 0.1) is 0 Å². The normalized spacial score (nSPS) is 16.6. The number of aliphatic hydroxyl groups excluding tert-OH is 1. The number of halogens is 1. The quantitative estimate of drug-likeness (QED) is 0.212. The van der Waals surface area contributed by atoms with Gasteiger partial charge in [-0.3, -0.25) is 27.8 Å². The molecule has 0 aliphatic carbocycles. The Labute approximate surface area is 152 Å². The number of ether oxygens (including phenoxy) is 3. The van der Waals surface area contributed by atoms with Gasteiger partial charge in [0.15, 0.2) is 24.3 Å². The minimum absolute atomic E-state index is 0.0345. The molecule has 0 bridgehead atoms. The zero-order valence-corrected chi connectivity index (χ0v) is 15.6. The summed E-state index contributed by atoms with van der Waals surface area (Å²) in [6.45, 7) is 3.35. The van der Waals surface area contributed by atoms with Crippen molar-refractivity contribution in [3.63, 3.8) is 0 Å². The van der Waals surface area contributed by atoms with Crippen molar-refractivity contribution < 1.29 is 47.1 Å². The third-order valence-corrected chi connectivity index (χ3v) is 3.54. The van der Waals surface area contributed by atoms with Gasteiger partial charge in [-0.05, 0) is 6.92 Å². The molecule has 142 valence electrons. The van der Waals surface area contributed by atoms with Crippen molar-refractivity contribution in [2.45, 2.75) is 51.6 Å². The van der Waals surface area contributed by atoms with E-state index in [0.717, 1.165) is 27.7 Å². The zero-order chi connectivity index (χ0) is 19.8. The molecule has 0 saturated carbocycles. The summed E-state index contributed by atoms with van der Waals surface area (Å²) in [6, 6.07) is 0. The molecule has 1 N–H and O–H groups in total. The zero-order valence-electron chi connectivity index (χ0n) is 14.0. The smallest absolute Gasteiger partial charge is 0.303 e. The number of carbonyl (C=O) groups is 5. The lowest BCUT2D eigenvalue weighted by Crippen LogP contribution is -2.61. The number of Topliss-reactive ketones (excluding diaryl/α,β-unsaturated/α-hetero) is 1. The van der Waals surface area contributed by atoms with Crippen molar-refractivity contribution in [1.82, 2.24) is 0 Å². The van der Waals surface area contributed by atoms with Gasteiger partial charge < -0.3 is 19.3 Å². The fourth-order valence-corrected chi connectivity index (χ4v) is 2.36. The second-order valence-corrected chi connectivity index (χ2v) is 5.34. The van der Waals surface area contributed by atoms with Gasteiger partial charge in [-0.2, -0.15) is 0 Å². The number of ketones is 1. The van der Waals surface area contributed by atoms with Crippen molar-refractivity contribution in [1.29, 1.82) is 0 Å². The van der Waals surface area contributed by atoms with E-state index >= 15 is 0 Å². The Morgan fingerprint density at radius 1 is 1.04 bits per heavy atom. The van der Waals surface area contributed by atoms with E-state index in [1.807, 2.05) is 0 Å². The second kappa shape index (κ2) is 10.2. The lowest BCUT2D eigenvalue weighted by Gasteiger charge is -2.37. The topological polar surface area (TPSA) is 143 Å². The Kier molecular flexibility index (Phi) is 9.46. The molecular formula is C14H19BrO10. The molecule has 10 nitrogen and oxygen atoms in total. The summed E-state index contributed by atoms with van der Waals surface area (Å²) in [5.74, 6) is -3.50. The van der Waals surface area contributed by atoms with Crippen molar-refractivity contribution >= 4 is 46.2 Å². The van der Waals surface area contributed by atoms with Crippen LogP contribution in [0.3, 0.4) is 0 Å². The first-order valence-electron chi connectivity index (χ1n) is 6.94. The fourth-order valence-electron chi connectivity index (χ4n) is 1.88. The molecule has 0 aliphatic rings. The van der Waals surface area contributed by atoms with E-state index in [1.54, 1.807) is 0 Å². The van der Waals surface area contributed by atoms with Crippen LogP contribution in [0.25, 0.3) is 0 Å². The molecule has 11 heteroatoms. The summed E-state index contributed by atoms with van der Waals surface area (Å²) in [5.41, 5.74) is -2.41. The van der Waals surface area contributed by atoms with Gasteiger partial charge >= 0.3 is 17.9 Å². The van der Waals surface area contributed by atoms with Crippen molar-refractivity contribution in [2.75, 3.05) is 6.61 Å². The number of rotatable bonds is 10. The highest BCUT2D eigenvalue weighted by Gasteiger charge is 2.54. The lowest BCUT2D eigenvalue weighted by molar-refractivity contribution is -0.198. The van der Waals surface area contributed by atoms with E-state index < -0.39 is 54.2 Å². The Morgan fingerprint density at radius 3 is 1.88 bits per heavy atom. The molecule has 0 heterocycles. The largest absolute Gasteiger partial charge is 0.463 e. The lowest BCUT2D eigenvalue weighted by atomic mass is 9.88. The van der Waals surface area contributed by atoms with Crippen LogP contribution < -0.4 is 0 Å². The van der Waals surface area contributed by atoms with Gasteiger partial charge in [0.25, 0.3) is 0 Å². The van der Waals surface area contributed by atoms with Crippen LogP contribution in [0.5, 0.6) is 0 Å². The molecule has 0 aromatic rings. The summed E-state index contributed by atoms with van der Waals surface area (Å²) < 4.78 is 19.2.